The number of carbonyl (C=O) groups excluding carboxylic acids is 2. The van der Waals surface area contributed by atoms with Crippen LogP contribution in [0, 0.1) is 5.92 Å². The molecule has 0 bridgehead atoms. The fraction of sp³-hybridized carbons (Fsp3) is 0.500. The van der Waals surface area contributed by atoms with Gasteiger partial charge in [0.05, 0.1) is 13.7 Å². The van der Waals surface area contributed by atoms with Gasteiger partial charge in [0.2, 0.25) is 11.8 Å². The highest BCUT2D eigenvalue weighted by molar-refractivity contribution is 8.13. The van der Waals surface area contributed by atoms with Crippen LogP contribution in [0.15, 0.2) is 18.3 Å². The predicted octanol–water partition coefficient (Wildman–Crippen LogP) is 1.72. The third-order valence-electron chi connectivity index (χ3n) is 3.22. The first kappa shape index (κ1) is 14.8. The Balaban J connectivity index is 1.96. The Morgan fingerprint density at radius 2 is 2.40 bits per heavy atom. The molecule has 0 radical (unpaired) electrons. The van der Waals surface area contributed by atoms with E-state index in [9.17, 15) is 9.59 Å². The lowest BCUT2D eigenvalue weighted by molar-refractivity contribution is -0.128. The highest BCUT2D eigenvalue weighted by Gasteiger charge is 2.30. The van der Waals surface area contributed by atoms with Crippen molar-refractivity contribution in [2.75, 3.05) is 19.4 Å². The highest BCUT2D eigenvalue weighted by Crippen LogP contribution is 2.25. The molecule has 0 aliphatic carbocycles. The second kappa shape index (κ2) is 6.74. The number of likely N-dealkylation sites (tertiary alicyclic amines) is 1. The van der Waals surface area contributed by atoms with Crippen LogP contribution >= 0.6 is 11.8 Å². The van der Waals surface area contributed by atoms with Crippen molar-refractivity contribution in [2.45, 2.75) is 19.9 Å². The Kier molecular flexibility index (Phi) is 5.00. The lowest BCUT2D eigenvalue weighted by Crippen LogP contribution is -2.25. The van der Waals surface area contributed by atoms with Crippen molar-refractivity contribution in [2.24, 2.45) is 5.92 Å². The number of ether oxygens (including phenoxy) is 1. The Bertz CT molecular complexity index is 507. The van der Waals surface area contributed by atoms with Crippen LogP contribution in [0.25, 0.3) is 0 Å². The standard InChI is InChI=1S/C14H18N2O3S/c1-10(17)20-9-11-6-13(18)16(7-11)8-12-4-3-5-15-14(12)19-2/h3-5,11H,6-9H2,1-2H3. The van der Waals surface area contributed by atoms with Gasteiger partial charge in [0, 0.05) is 37.4 Å². The average Bonchev–Trinajstić information content (AvgIpc) is 2.78. The molecule has 2 heterocycles. The molecular formula is C14H18N2O3S. The molecule has 1 unspecified atom stereocenters. The van der Waals surface area contributed by atoms with E-state index in [1.165, 1.54) is 11.8 Å². The van der Waals surface area contributed by atoms with Gasteiger partial charge in [-0.25, -0.2) is 4.98 Å². The topological polar surface area (TPSA) is 59.5 Å². The second-order valence-electron chi connectivity index (χ2n) is 4.82. The van der Waals surface area contributed by atoms with Crippen LogP contribution in [-0.2, 0) is 16.1 Å². The molecule has 2 rings (SSSR count). The SMILES string of the molecule is COc1ncccc1CN1CC(CSC(C)=O)CC1=O. The van der Waals surface area contributed by atoms with Crippen molar-refractivity contribution in [3.63, 3.8) is 0 Å². The molecule has 1 aromatic heterocycles. The first-order chi connectivity index (χ1) is 9.60. The number of amides is 1. The first-order valence-electron chi connectivity index (χ1n) is 6.49. The van der Waals surface area contributed by atoms with Gasteiger partial charge >= 0.3 is 0 Å². The average molecular weight is 294 g/mol. The summed E-state index contributed by atoms with van der Waals surface area (Å²) in [6, 6.07) is 3.75. The summed E-state index contributed by atoms with van der Waals surface area (Å²) < 4.78 is 5.20. The van der Waals surface area contributed by atoms with Crippen molar-refractivity contribution in [3.05, 3.63) is 23.9 Å². The monoisotopic (exact) mass is 294 g/mol. The summed E-state index contributed by atoms with van der Waals surface area (Å²) >= 11 is 1.29. The third-order valence-corrected chi connectivity index (χ3v) is 4.27. The summed E-state index contributed by atoms with van der Waals surface area (Å²) in [6.45, 7) is 2.76. The van der Waals surface area contributed by atoms with E-state index in [0.29, 0.717) is 31.1 Å². The van der Waals surface area contributed by atoms with Crippen molar-refractivity contribution < 1.29 is 14.3 Å². The number of hydrogen-bond donors (Lipinski definition) is 0. The van der Waals surface area contributed by atoms with Crippen LogP contribution in [0.3, 0.4) is 0 Å². The largest absolute Gasteiger partial charge is 0.481 e. The highest BCUT2D eigenvalue weighted by atomic mass is 32.2. The van der Waals surface area contributed by atoms with Gasteiger partial charge in [0.15, 0.2) is 5.12 Å². The summed E-state index contributed by atoms with van der Waals surface area (Å²) in [4.78, 5) is 28.9. The number of nitrogens with zero attached hydrogens (tertiary/aromatic N) is 2. The molecule has 1 aliphatic rings. The van der Waals surface area contributed by atoms with Crippen molar-refractivity contribution >= 4 is 22.8 Å². The maximum absolute atomic E-state index is 12.0. The minimum atomic E-state index is 0.102. The van der Waals surface area contributed by atoms with Gasteiger partial charge in [-0.05, 0) is 12.0 Å². The smallest absolute Gasteiger partial charge is 0.223 e. The fourth-order valence-electron chi connectivity index (χ4n) is 2.29. The van der Waals surface area contributed by atoms with E-state index in [2.05, 4.69) is 4.98 Å². The van der Waals surface area contributed by atoms with E-state index < -0.39 is 0 Å². The molecule has 1 fully saturated rings. The van der Waals surface area contributed by atoms with Gasteiger partial charge < -0.3 is 9.64 Å². The molecule has 1 atom stereocenters. The summed E-state index contributed by atoms with van der Waals surface area (Å²) in [5.74, 6) is 1.65. The van der Waals surface area contributed by atoms with Gasteiger partial charge in [-0.15, -0.1) is 0 Å². The van der Waals surface area contributed by atoms with E-state index in [1.54, 1.807) is 20.2 Å². The van der Waals surface area contributed by atoms with Crippen molar-refractivity contribution in [1.82, 2.24) is 9.88 Å². The van der Waals surface area contributed by atoms with Crippen molar-refractivity contribution in [1.29, 1.82) is 0 Å². The van der Waals surface area contributed by atoms with Gasteiger partial charge in [-0.3, -0.25) is 9.59 Å². The zero-order valence-electron chi connectivity index (χ0n) is 11.7. The molecule has 1 aliphatic heterocycles. The lowest BCUT2D eigenvalue weighted by atomic mass is 10.1. The van der Waals surface area contributed by atoms with Crippen LogP contribution in [0.4, 0.5) is 0 Å². The molecule has 1 saturated heterocycles. The predicted molar refractivity (Wildman–Crippen MR) is 77.5 cm³/mol. The van der Waals surface area contributed by atoms with Gasteiger partial charge in [0.1, 0.15) is 0 Å². The second-order valence-corrected chi connectivity index (χ2v) is 6.02. The van der Waals surface area contributed by atoms with E-state index in [0.717, 1.165) is 5.56 Å². The maximum Gasteiger partial charge on any atom is 0.223 e. The minimum absolute atomic E-state index is 0.102. The van der Waals surface area contributed by atoms with Crippen molar-refractivity contribution in [3.8, 4) is 5.88 Å². The lowest BCUT2D eigenvalue weighted by Gasteiger charge is -2.17. The van der Waals surface area contributed by atoms with Crippen LogP contribution < -0.4 is 4.74 Å². The molecule has 0 saturated carbocycles. The molecule has 5 nitrogen and oxygen atoms in total. The number of thioether (sulfide) groups is 1. The Morgan fingerprint density at radius 1 is 1.60 bits per heavy atom. The Labute approximate surface area is 122 Å². The molecule has 0 N–H and O–H groups in total. The zero-order valence-corrected chi connectivity index (χ0v) is 12.5. The van der Waals surface area contributed by atoms with Gasteiger partial charge in [0.25, 0.3) is 0 Å². The number of pyridine rings is 1. The van der Waals surface area contributed by atoms with Gasteiger partial charge in [-0.1, -0.05) is 17.8 Å². The van der Waals surface area contributed by atoms with E-state index in [4.69, 9.17) is 4.74 Å². The quantitative estimate of drug-likeness (QED) is 0.827. The Morgan fingerprint density at radius 3 is 3.10 bits per heavy atom. The fourth-order valence-corrected chi connectivity index (χ4v) is 2.98. The van der Waals surface area contributed by atoms with E-state index in [-0.39, 0.29) is 16.9 Å². The van der Waals surface area contributed by atoms with Gasteiger partial charge in [-0.2, -0.15) is 0 Å². The number of hydrogen-bond acceptors (Lipinski definition) is 5. The maximum atomic E-state index is 12.0. The molecule has 20 heavy (non-hydrogen) atoms. The van der Waals surface area contributed by atoms with E-state index in [1.807, 2.05) is 17.0 Å². The van der Waals surface area contributed by atoms with Crippen LogP contribution in [0.2, 0.25) is 0 Å². The minimum Gasteiger partial charge on any atom is -0.481 e. The summed E-state index contributed by atoms with van der Waals surface area (Å²) in [6.07, 6.45) is 2.18. The number of methoxy groups -OCH3 is 1. The summed E-state index contributed by atoms with van der Waals surface area (Å²) in [5.41, 5.74) is 0.906. The molecule has 1 amide bonds. The summed E-state index contributed by atoms with van der Waals surface area (Å²) in [5, 5.41) is 0.102. The number of carbonyl (C=O) groups is 2. The summed E-state index contributed by atoms with van der Waals surface area (Å²) in [7, 11) is 1.57. The molecule has 0 spiro atoms. The van der Waals surface area contributed by atoms with Crippen LogP contribution in [0.5, 0.6) is 5.88 Å². The molecule has 6 heteroatoms. The Hall–Kier alpha value is -1.56. The van der Waals surface area contributed by atoms with E-state index >= 15 is 0 Å². The first-order valence-corrected chi connectivity index (χ1v) is 7.47. The molecule has 1 aromatic rings. The molecular weight excluding hydrogens is 276 g/mol. The third kappa shape index (κ3) is 3.72. The zero-order chi connectivity index (χ0) is 14.5. The molecule has 108 valence electrons. The number of rotatable bonds is 5. The van der Waals surface area contributed by atoms with Crippen LogP contribution in [0.1, 0.15) is 18.9 Å². The molecule has 0 aromatic carbocycles. The number of aromatic nitrogens is 1. The normalized spacial score (nSPS) is 18.4. The van der Waals surface area contributed by atoms with Crippen LogP contribution in [-0.4, -0.2) is 40.3 Å².